The Balaban J connectivity index is 0.00000121. The number of thiazole rings is 1. The van der Waals surface area contributed by atoms with Crippen molar-refractivity contribution in [3.8, 4) is 0 Å². The van der Waals surface area contributed by atoms with Crippen LogP contribution in [0.1, 0.15) is 18.7 Å². The molecule has 5 nitrogen and oxygen atoms in total. The predicted octanol–water partition coefficient (Wildman–Crippen LogP) is -0.747. The van der Waals surface area contributed by atoms with Crippen molar-refractivity contribution in [1.29, 1.82) is 0 Å². The number of carbonyl (C=O) groups is 1. The molecule has 1 aromatic carbocycles. The van der Waals surface area contributed by atoms with E-state index in [1.165, 1.54) is 0 Å². The van der Waals surface area contributed by atoms with Crippen LogP contribution in [0, 0.1) is 0 Å². The summed E-state index contributed by atoms with van der Waals surface area (Å²) < 4.78 is 0.942. The minimum Gasteiger partial charge on any atom is -1.00 e. The van der Waals surface area contributed by atoms with E-state index < -0.39 is 5.97 Å². The molecule has 0 unspecified atom stereocenters. The van der Waals surface area contributed by atoms with Gasteiger partial charge in [-0.1, -0.05) is 18.3 Å². The van der Waals surface area contributed by atoms with E-state index in [9.17, 15) is 4.79 Å². The number of anilines is 1. The molecule has 21 heavy (non-hydrogen) atoms. The first-order valence-corrected chi connectivity index (χ1v) is 7.60. The van der Waals surface area contributed by atoms with Crippen LogP contribution < -0.4 is 23.8 Å². The molecule has 0 atom stereocenters. The first-order chi connectivity index (χ1) is 9.67. The molecule has 1 aliphatic rings. The fraction of sp³-hybridized carbons (Fsp3) is 0.429. The number of carboxylic acid groups (broad SMARTS) is 1. The second-order valence-electron chi connectivity index (χ2n) is 4.91. The maximum atomic E-state index is 11.0. The second-order valence-corrected chi connectivity index (χ2v) is 5.91. The Labute approximate surface area is 141 Å². The number of aromatic nitrogens is 1. The van der Waals surface area contributed by atoms with E-state index >= 15 is 0 Å². The fourth-order valence-corrected chi connectivity index (χ4v) is 3.49. The molecule has 2 aromatic rings. The van der Waals surface area contributed by atoms with Crippen molar-refractivity contribution < 1.29 is 30.2 Å². The zero-order valence-electron chi connectivity index (χ0n) is 13.4. The Morgan fingerprint density at radius 3 is 2.71 bits per heavy atom. The van der Waals surface area contributed by atoms with Crippen molar-refractivity contribution in [3.63, 3.8) is 0 Å². The predicted molar refractivity (Wildman–Crippen MR) is 82.0 cm³/mol. The van der Waals surface area contributed by atoms with Crippen LogP contribution >= 0.6 is 11.3 Å². The van der Waals surface area contributed by atoms with Crippen molar-refractivity contribution >= 4 is 32.7 Å². The molecule has 0 aliphatic carbocycles. The van der Waals surface area contributed by atoms with Crippen LogP contribution in [0.25, 0.3) is 10.2 Å². The number of hydrogen-bond acceptors (Lipinski definition) is 5. The number of benzene rings is 1. The van der Waals surface area contributed by atoms with Gasteiger partial charge in [0.25, 0.3) is 0 Å². The first kappa shape index (κ1) is 16.3. The van der Waals surface area contributed by atoms with E-state index in [1.54, 1.807) is 29.5 Å². The molecule has 0 radical (unpaired) electrons. The molecule has 1 aliphatic heterocycles. The summed E-state index contributed by atoms with van der Waals surface area (Å²) in [4.78, 5) is 20.3. The molecule has 0 saturated carbocycles. The summed E-state index contributed by atoms with van der Waals surface area (Å²) in [7, 11) is 0. The molecule has 1 aromatic heterocycles. The number of carboxylic acids is 1. The zero-order valence-corrected chi connectivity index (χ0v) is 13.2. The van der Waals surface area contributed by atoms with Gasteiger partial charge in [0.05, 0.1) is 15.8 Å². The first-order valence-electron chi connectivity index (χ1n) is 6.78. The Kier molecular flexibility index (Phi) is 5.28. The van der Waals surface area contributed by atoms with Crippen LogP contribution in [0.15, 0.2) is 18.2 Å². The summed E-state index contributed by atoms with van der Waals surface area (Å²) in [6.45, 7) is 7.37. The molecular formula is C14H18LiN3O2S. The average Bonchev–Trinajstić information content (AvgIpc) is 2.90. The second kappa shape index (κ2) is 6.80. The monoisotopic (exact) mass is 299 g/mol. The van der Waals surface area contributed by atoms with Crippen molar-refractivity contribution in [2.45, 2.75) is 6.92 Å². The number of likely N-dealkylation sites (N-methyl/N-ethyl adjacent to an activating group) is 1. The molecule has 0 amide bonds. The minimum absolute atomic E-state index is 0. The maximum Gasteiger partial charge on any atom is 1.00 e. The standard InChI is InChI=1S/C14H17N3O2S.Li.H/c1-2-16-5-7-17(8-6-16)14-15-11-4-3-10(13(18)19)9-12(11)20-14;;/h3-4,9H,2,5-8H2,1H3,(H,18,19);;/q;+1;-1. The topological polar surface area (TPSA) is 56.7 Å². The fourth-order valence-electron chi connectivity index (χ4n) is 2.44. The number of piperazine rings is 1. The van der Waals surface area contributed by atoms with Crippen LogP contribution in [-0.4, -0.2) is 53.7 Å². The molecule has 3 rings (SSSR count). The van der Waals surface area contributed by atoms with E-state index in [-0.39, 0.29) is 20.3 Å². The van der Waals surface area contributed by atoms with E-state index in [0.29, 0.717) is 5.56 Å². The van der Waals surface area contributed by atoms with Gasteiger partial charge in [0.15, 0.2) is 5.13 Å². The SMILES string of the molecule is CCN1CCN(c2nc3ccc(C(=O)O)cc3s2)CC1.[H-].[Li+]. The summed E-state index contributed by atoms with van der Waals surface area (Å²) in [6, 6.07) is 5.12. The molecule has 1 N–H and O–H groups in total. The van der Waals surface area contributed by atoms with Crippen molar-refractivity contribution in [3.05, 3.63) is 23.8 Å². The summed E-state index contributed by atoms with van der Waals surface area (Å²) in [5, 5.41) is 10.0. The largest absolute Gasteiger partial charge is 1.00 e. The smallest absolute Gasteiger partial charge is 1.00 e. The maximum absolute atomic E-state index is 11.0. The quantitative estimate of drug-likeness (QED) is 0.756. The summed E-state index contributed by atoms with van der Waals surface area (Å²) in [5.41, 5.74) is 1.21. The van der Waals surface area contributed by atoms with Crippen molar-refractivity contribution in [2.24, 2.45) is 0 Å². The van der Waals surface area contributed by atoms with E-state index in [1.807, 2.05) is 0 Å². The van der Waals surface area contributed by atoms with Gasteiger partial charge in [-0.2, -0.15) is 0 Å². The van der Waals surface area contributed by atoms with Crippen molar-refractivity contribution in [1.82, 2.24) is 9.88 Å². The average molecular weight is 299 g/mol. The van der Waals surface area contributed by atoms with Crippen LogP contribution in [-0.2, 0) is 0 Å². The summed E-state index contributed by atoms with van der Waals surface area (Å²) in [6.07, 6.45) is 0. The molecule has 7 heteroatoms. The molecule has 0 bridgehead atoms. The summed E-state index contributed by atoms with van der Waals surface area (Å²) in [5.74, 6) is -0.890. The van der Waals surface area contributed by atoms with Gasteiger partial charge in [0.1, 0.15) is 0 Å². The minimum atomic E-state index is -0.890. The third-order valence-corrected chi connectivity index (χ3v) is 4.79. The number of hydrogen-bond donors (Lipinski definition) is 1. The van der Waals surface area contributed by atoms with Gasteiger partial charge < -0.3 is 16.3 Å². The molecular weight excluding hydrogens is 281 g/mol. The van der Waals surface area contributed by atoms with Gasteiger partial charge >= 0.3 is 24.8 Å². The van der Waals surface area contributed by atoms with Crippen LogP contribution in [0.2, 0.25) is 0 Å². The number of nitrogens with zero attached hydrogens (tertiary/aromatic N) is 3. The molecule has 108 valence electrons. The normalized spacial score (nSPS) is 16.0. The van der Waals surface area contributed by atoms with Gasteiger partial charge in [-0.25, -0.2) is 9.78 Å². The van der Waals surface area contributed by atoms with Crippen LogP contribution in [0.5, 0.6) is 0 Å². The zero-order chi connectivity index (χ0) is 14.1. The van der Waals surface area contributed by atoms with E-state index in [2.05, 4.69) is 21.7 Å². The number of aromatic carboxylic acids is 1. The Bertz CT molecular complexity index is 644. The van der Waals surface area contributed by atoms with Crippen molar-refractivity contribution in [2.75, 3.05) is 37.6 Å². The Morgan fingerprint density at radius 1 is 1.38 bits per heavy atom. The third-order valence-electron chi connectivity index (χ3n) is 3.71. The molecule has 1 saturated heterocycles. The van der Waals surface area contributed by atoms with Gasteiger partial charge in [0, 0.05) is 26.2 Å². The number of fused-ring (bicyclic) bond motifs is 1. The van der Waals surface area contributed by atoms with Crippen LogP contribution in [0.3, 0.4) is 0 Å². The van der Waals surface area contributed by atoms with Gasteiger partial charge in [-0.15, -0.1) is 0 Å². The molecule has 2 heterocycles. The molecule has 1 fully saturated rings. The van der Waals surface area contributed by atoms with Gasteiger partial charge in [-0.05, 0) is 24.7 Å². The van der Waals surface area contributed by atoms with Gasteiger partial charge in [0.2, 0.25) is 0 Å². The molecule has 0 spiro atoms. The van der Waals surface area contributed by atoms with Crippen LogP contribution in [0.4, 0.5) is 5.13 Å². The van der Waals surface area contributed by atoms with E-state index in [4.69, 9.17) is 5.11 Å². The summed E-state index contributed by atoms with van der Waals surface area (Å²) >= 11 is 1.58. The third kappa shape index (κ3) is 3.41. The number of rotatable bonds is 3. The van der Waals surface area contributed by atoms with E-state index in [0.717, 1.165) is 48.1 Å². The van der Waals surface area contributed by atoms with Gasteiger partial charge in [-0.3, -0.25) is 0 Å². The Morgan fingerprint density at radius 2 is 2.10 bits per heavy atom. The Hall–Kier alpha value is -1.06.